The van der Waals surface area contributed by atoms with Gasteiger partial charge in [0.1, 0.15) is 0 Å². The summed E-state index contributed by atoms with van der Waals surface area (Å²) in [5.74, 6) is 0. The third-order valence-electron chi connectivity index (χ3n) is 3.17. The van der Waals surface area contributed by atoms with Crippen LogP contribution in [0.5, 0.6) is 0 Å². The molecule has 0 aliphatic carbocycles. The zero-order chi connectivity index (χ0) is 11.5. The van der Waals surface area contributed by atoms with Gasteiger partial charge < -0.3 is 5.32 Å². The van der Waals surface area contributed by atoms with Gasteiger partial charge in [0.25, 0.3) is 0 Å². The average Bonchev–Trinajstić information content (AvgIpc) is 2.24. The van der Waals surface area contributed by atoms with E-state index in [2.05, 4.69) is 64.3 Å². The van der Waals surface area contributed by atoms with Crippen molar-refractivity contribution in [1.29, 1.82) is 0 Å². The molecule has 1 aromatic carbocycles. The standard InChI is InChI=1S/C13H19BrN2/c1-10-8-16(11(2)7-15-10)9-12-4-3-5-13(14)6-12/h3-6,10-11,15H,7-9H2,1-2H3/t10-,11+/m0/s1. The van der Waals surface area contributed by atoms with E-state index in [9.17, 15) is 0 Å². The van der Waals surface area contributed by atoms with Crippen LogP contribution in [-0.4, -0.2) is 30.1 Å². The molecule has 0 unspecified atom stereocenters. The molecule has 1 aliphatic heterocycles. The molecular weight excluding hydrogens is 264 g/mol. The quantitative estimate of drug-likeness (QED) is 0.897. The van der Waals surface area contributed by atoms with Crippen LogP contribution in [-0.2, 0) is 6.54 Å². The minimum atomic E-state index is 0.600. The largest absolute Gasteiger partial charge is 0.311 e. The maximum atomic E-state index is 3.52. The Balaban J connectivity index is 2.02. The molecule has 2 atom stereocenters. The molecule has 1 N–H and O–H groups in total. The highest BCUT2D eigenvalue weighted by Gasteiger charge is 2.21. The van der Waals surface area contributed by atoms with E-state index in [-0.39, 0.29) is 0 Å². The van der Waals surface area contributed by atoms with Gasteiger partial charge in [-0.25, -0.2) is 0 Å². The number of benzene rings is 1. The number of hydrogen-bond donors (Lipinski definition) is 1. The first-order valence-electron chi connectivity index (χ1n) is 5.87. The second-order valence-corrected chi connectivity index (χ2v) is 5.63. The van der Waals surface area contributed by atoms with E-state index in [1.165, 1.54) is 10.0 Å². The number of nitrogens with one attached hydrogen (secondary N) is 1. The lowest BCUT2D eigenvalue weighted by molar-refractivity contribution is 0.139. The summed E-state index contributed by atoms with van der Waals surface area (Å²) in [6, 6.07) is 9.81. The number of piperazine rings is 1. The van der Waals surface area contributed by atoms with Crippen molar-refractivity contribution in [2.75, 3.05) is 13.1 Å². The maximum absolute atomic E-state index is 3.52. The Bertz CT molecular complexity index is 354. The molecule has 0 amide bonds. The van der Waals surface area contributed by atoms with Gasteiger partial charge in [-0.1, -0.05) is 28.1 Å². The van der Waals surface area contributed by atoms with E-state index in [4.69, 9.17) is 0 Å². The van der Waals surface area contributed by atoms with E-state index in [1.54, 1.807) is 0 Å². The summed E-state index contributed by atoms with van der Waals surface area (Å²) in [6.45, 7) is 7.81. The predicted octanol–water partition coefficient (Wildman–Crippen LogP) is 2.63. The van der Waals surface area contributed by atoms with E-state index in [0.717, 1.165) is 19.6 Å². The highest BCUT2D eigenvalue weighted by atomic mass is 79.9. The molecular formula is C13H19BrN2. The third-order valence-corrected chi connectivity index (χ3v) is 3.66. The first kappa shape index (κ1) is 12.1. The molecule has 16 heavy (non-hydrogen) atoms. The third kappa shape index (κ3) is 3.06. The second kappa shape index (κ2) is 5.30. The van der Waals surface area contributed by atoms with Crippen LogP contribution >= 0.6 is 15.9 Å². The highest BCUT2D eigenvalue weighted by molar-refractivity contribution is 9.10. The monoisotopic (exact) mass is 282 g/mol. The summed E-state index contributed by atoms with van der Waals surface area (Å²) in [5.41, 5.74) is 1.38. The minimum Gasteiger partial charge on any atom is -0.311 e. The second-order valence-electron chi connectivity index (χ2n) is 4.72. The first-order chi connectivity index (χ1) is 7.65. The fraction of sp³-hybridized carbons (Fsp3) is 0.538. The van der Waals surface area contributed by atoms with Crippen LogP contribution < -0.4 is 5.32 Å². The van der Waals surface area contributed by atoms with Crippen LogP contribution in [0, 0.1) is 0 Å². The Hall–Kier alpha value is -0.380. The van der Waals surface area contributed by atoms with Crippen molar-refractivity contribution in [2.24, 2.45) is 0 Å². The lowest BCUT2D eigenvalue weighted by Gasteiger charge is -2.37. The summed E-state index contributed by atoms with van der Waals surface area (Å²) >= 11 is 3.52. The summed E-state index contributed by atoms with van der Waals surface area (Å²) in [4.78, 5) is 2.54. The van der Waals surface area contributed by atoms with Crippen molar-refractivity contribution >= 4 is 15.9 Å². The van der Waals surface area contributed by atoms with Crippen LogP contribution in [0.25, 0.3) is 0 Å². The molecule has 3 heteroatoms. The molecule has 1 fully saturated rings. The molecule has 0 saturated carbocycles. The van der Waals surface area contributed by atoms with E-state index >= 15 is 0 Å². The average molecular weight is 283 g/mol. The van der Waals surface area contributed by atoms with Gasteiger partial charge in [-0.2, -0.15) is 0 Å². The summed E-state index contributed by atoms with van der Waals surface area (Å²) in [7, 11) is 0. The van der Waals surface area contributed by atoms with Crippen molar-refractivity contribution in [3.8, 4) is 0 Å². The molecule has 0 aromatic heterocycles. The number of rotatable bonds is 2. The summed E-state index contributed by atoms with van der Waals surface area (Å²) in [6.07, 6.45) is 0. The van der Waals surface area contributed by atoms with Gasteiger partial charge in [0.15, 0.2) is 0 Å². The Labute approximate surface area is 106 Å². The van der Waals surface area contributed by atoms with Gasteiger partial charge >= 0.3 is 0 Å². The SMILES string of the molecule is C[C@@H]1CN[C@@H](C)CN1Cc1cccc(Br)c1. The van der Waals surface area contributed by atoms with Crippen molar-refractivity contribution in [3.05, 3.63) is 34.3 Å². The van der Waals surface area contributed by atoms with Gasteiger partial charge in [0, 0.05) is 36.2 Å². The number of halogens is 1. The number of hydrogen-bond acceptors (Lipinski definition) is 2. The van der Waals surface area contributed by atoms with Crippen molar-refractivity contribution in [2.45, 2.75) is 32.5 Å². The first-order valence-corrected chi connectivity index (χ1v) is 6.66. The predicted molar refractivity (Wildman–Crippen MR) is 71.5 cm³/mol. The molecule has 1 saturated heterocycles. The maximum Gasteiger partial charge on any atom is 0.0238 e. The Morgan fingerprint density at radius 2 is 2.25 bits per heavy atom. The van der Waals surface area contributed by atoms with Gasteiger partial charge in [-0.3, -0.25) is 4.90 Å². The lowest BCUT2D eigenvalue weighted by atomic mass is 10.1. The molecule has 88 valence electrons. The summed E-state index contributed by atoms with van der Waals surface area (Å²) < 4.78 is 1.17. The van der Waals surface area contributed by atoms with Crippen LogP contribution in [0.4, 0.5) is 0 Å². The fourth-order valence-electron chi connectivity index (χ4n) is 2.19. The van der Waals surface area contributed by atoms with Crippen molar-refractivity contribution < 1.29 is 0 Å². The van der Waals surface area contributed by atoms with Gasteiger partial charge in [-0.05, 0) is 31.5 Å². The van der Waals surface area contributed by atoms with Gasteiger partial charge in [0.2, 0.25) is 0 Å². The lowest BCUT2D eigenvalue weighted by Crippen LogP contribution is -2.53. The Morgan fingerprint density at radius 3 is 3.00 bits per heavy atom. The van der Waals surface area contributed by atoms with Crippen LogP contribution in [0.15, 0.2) is 28.7 Å². The molecule has 0 bridgehead atoms. The Morgan fingerprint density at radius 1 is 1.44 bits per heavy atom. The van der Waals surface area contributed by atoms with E-state index in [0.29, 0.717) is 12.1 Å². The Kier molecular flexibility index (Phi) is 4.00. The minimum absolute atomic E-state index is 0.600. The molecule has 0 radical (unpaired) electrons. The molecule has 1 aromatic rings. The molecule has 2 nitrogen and oxygen atoms in total. The fourth-order valence-corrected chi connectivity index (χ4v) is 2.63. The number of nitrogens with zero attached hydrogens (tertiary/aromatic N) is 1. The topological polar surface area (TPSA) is 15.3 Å². The zero-order valence-corrected chi connectivity index (χ0v) is 11.5. The van der Waals surface area contributed by atoms with Gasteiger partial charge in [-0.15, -0.1) is 0 Å². The molecule has 2 rings (SSSR count). The summed E-state index contributed by atoms with van der Waals surface area (Å²) in [5, 5.41) is 3.51. The normalized spacial score (nSPS) is 26.9. The van der Waals surface area contributed by atoms with Crippen molar-refractivity contribution in [3.63, 3.8) is 0 Å². The van der Waals surface area contributed by atoms with Crippen LogP contribution in [0.2, 0.25) is 0 Å². The molecule has 0 spiro atoms. The van der Waals surface area contributed by atoms with E-state index < -0.39 is 0 Å². The van der Waals surface area contributed by atoms with Gasteiger partial charge in [0.05, 0.1) is 0 Å². The van der Waals surface area contributed by atoms with Crippen LogP contribution in [0.3, 0.4) is 0 Å². The zero-order valence-electron chi connectivity index (χ0n) is 9.91. The molecule has 1 aliphatic rings. The smallest absolute Gasteiger partial charge is 0.0238 e. The highest BCUT2D eigenvalue weighted by Crippen LogP contribution is 2.16. The molecule has 1 heterocycles. The van der Waals surface area contributed by atoms with Crippen molar-refractivity contribution in [1.82, 2.24) is 10.2 Å². The van der Waals surface area contributed by atoms with Crippen LogP contribution in [0.1, 0.15) is 19.4 Å². The van der Waals surface area contributed by atoms with E-state index in [1.807, 2.05) is 0 Å².